The Bertz CT molecular complexity index is 1040. The van der Waals surface area contributed by atoms with Crippen LogP contribution in [0, 0.1) is 15.9 Å². The van der Waals surface area contributed by atoms with Gasteiger partial charge in [-0.1, -0.05) is 0 Å². The highest BCUT2D eigenvalue weighted by Crippen LogP contribution is 2.33. The lowest BCUT2D eigenvalue weighted by Crippen LogP contribution is -2.46. The lowest BCUT2D eigenvalue weighted by molar-refractivity contribution is -0.380. The fourth-order valence-electron chi connectivity index (χ4n) is 3.78. The fraction of sp³-hybridized carbons (Fsp3) is 0.400. The zero-order chi connectivity index (χ0) is 22.8. The van der Waals surface area contributed by atoms with E-state index in [9.17, 15) is 24.1 Å². The molecule has 3 heterocycles. The third kappa shape index (κ3) is 4.44. The average Bonchev–Trinajstić information content (AvgIpc) is 3.41. The number of esters is 1. The summed E-state index contributed by atoms with van der Waals surface area (Å²) in [5.74, 6) is -0.950. The zero-order valence-electron chi connectivity index (χ0n) is 17.2. The van der Waals surface area contributed by atoms with Gasteiger partial charge in [0.15, 0.2) is 0 Å². The van der Waals surface area contributed by atoms with Gasteiger partial charge in [0.2, 0.25) is 0 Å². The maximum absolute atomic E-state index is 14.9. The molecule has 0 saturated carbocycles. The first-order chi connectivity index (χ1) is 15.4. The zero-order valence-corrected chi connectivity index (χ0v) is 18.0. The second kappa shape index (κ2) is 8.99. The Balaban J connectivity index is 1.39. The Morgan fingerprint density at radius 3 is 2.59 bits per heavy atom. The van der Waals surface area contributed by atoms with Gasteiger partial charge in [-0.2, -0.15) is 0 Å². The predicted molar refractivity (Wildman–Crippen MR) is 116 cm³/mol. The Kier molecular flexibility index (Phi) is 6.12. The minimum Gasteiger partial charge on any atom is -0.469 e. The van der Waals surface area contributed by atoms with E-state index in [0.29, 0.717) is 37.6 Å². The fourth-order valence-corrected chi connectivity index (χ4v) is 4.65. The van der Waals surface area contributed by atoms with Gasteiger partial charge < -0.3 is 19.3 Å². The highest BCUT2D eigenvalue weighted by atomic mass is 32.1. The van der Waals surface area contributed by atoms with Gasteiger partial charge in [-0.3, -0.25) is 19.8 Å². The second-order valence-corrected chi connectivity index (χ2v) is 8.42. The van der Waals surface area contributed by atoms with Crippen LogP contribution in [0.3, 0.4) is 0 Å². The number of nitro groups is 1. The Morgan fingerprint density at radius 2 is 1.97 bits per heavy atom. The number of rotatable bonds is 6. The van der Waals surface area contributed by atoms with E-state index in [1.807, 2.05) is 9.80 Å². The molecule has 0 aliphatic carbocycles. The smallest absolute Gasteiger partial charge is 0.414 e. The van der Waals surface area contributed by atoms with E-state index < -0.39 is 28.9 Å². The largest absolute Gasteiger partial charge is 0.469 e. The number of thiophene rings is 1. The molecule has 0 N–H and O–H groups in total. The van der Waals surface area contributed by atoms with Gasteiger partial charge in [0, 0.05) is 32.2 Å². The number of benzene rings is 1. The molecule has 1 aromatic carbocycles. The number of piperazine rings is 1. The van der Waals surface area contributed by atoms with Gasteiger partial charge >= 0.3 is 17.1 Å². The first-order valence-electron chi connectivity index (χ1n) is 9.94. The normalized spacial score (nSPS) is 18.6. The number of amides is 1. The van der Waals surface area contributed by atoms with Crippen molar-refractivity contribution in [1.29, 1.82) is 0 Å². The van der Waals surface area contributed by atoms with Crippen LogP contribution < -0.4 is 14.7 Å². The highest BCUT2D eigenvalue weighted by molar-refractivity contribution is 7.19. The standard InChI is InChI=1S/C20H21FN4O6S/c1-30-19(26)11-14-12-24(20(27)31-14)13-2-3-16(15(21)10-13)22-6-8-23(9-7-22)17-4-5-18(32-17)25(28)29/h2-5,10,14H,6-9,11-12H2,1H3/t14-/m1/s1. The van der Waals surface area contributed by atoms with E-state index in [1.165, 1.54) is 24.1 Å². The van der Waals surface area contributed by atoms with Crippen LogP contribution in [-0.2, 0) is 14.3 Å². The number of carbonyl (C=O) groups is 2. The number of hydrogen-bond acceptors (Lipinski definition) is 9. The Labute approximate surface area is 186 Å². The van der Waals surface area contributed by atoms with Crippen LogP contribution in [0.2, 0.25) is 0 Å². The molecule has 0 unspecified atom stereocenters. The monoisotopic (exact) mass is 464 g/mol. The summed E-state index contributed by atoms with van der Waals surface area (Å²) in [6.07, 6.45) is -1.33. The third-order valence-corrected chi connectivity index (χ3v) is 6.53. The van der Waals surface area contributed by atoms with Crippen LogP contribution >= 0.6 is 11.3 Å². The minimum atomic E-state index is -0.640. The molecule has 2 aromatic rings. The number of carbonyl (C=O) groups excluding carboxylic acids is 2. The lowest BCUT2D eigenvalue weighted by Gasteiger charge is -2.36. The van der Waals surface area contributed by atoms with Crippen LogP contribution in [0.5, 0.6) is 0 Å². The molecule has 2 aliphatic heterocycles. The van der Waals surface area contributed by atoms with Crippen LogP contribution in [0.4, 0.5) is 30.6 Å². The summed E-state index contributed by atoms with van der Waals surface area (Å²) in [4.78, 5) is 39.3. The van der Waals surface area contributed by atoms with E-state index in [0.717, 1.165) is 16.3 Å². The molecule has 4 rings (SSSR count). The summed E-state index contributed by atoms with van der Waals surface area (Å²) < 4.78 is 24.7. The van der Waals surface area contributed by atoms with Crippen LogP contribution in [0.15, 0.2) is 30.3 Å². The first kappa shape index (κ1) is 21.8. The van der Waals surface area contributed by atoms with Crippen molar-refractivity contribution in [3.63, 3.8) is 0 Å². The van der Waals surface area contributed by atoms with E-state index in [4.69, 9.17) is 4.74 Å². The minimum absolute atomic E-state index is 0.0586. The maximum Gasteiger partial charge on any atom is 0.414 e. The van der Waals surface area contributed by atoms with Crippen LogP contribution in [-0.4, -0.2) is 62.9 Å². The Hall–Kier alpha value is -3.41. The molecule has 10 nitrogen and oxygen atoms in total. The number of anilines is 3. The second-order valence-electron chi connectivity index (χ2n) is 7.38. The molecule has 2 fully saturated rings. The number of halogens is 1. The molecule has 1 atom stereocenters. The van der Waals surface area contributed by atoms with Crippen molar-refractivity contribution >= 4 is 44.8 Å². The number of cyclic esters (lactones) is 1. The van der Waals surface area contributed by atoms with Gasteiger partial charge in [0.05, 0.1) is 41.4 Å². The third-order valence-electron chi connectivity index (χ3n) is 5.43. The van der Waals surface area contributed by atoms with Crippen molar-refractivity contribution < 1.29 is 28.4 Å². The van der Waals surface area contributed by atoms with Crippen LogP contribution in [0.25, 0.3) is 0 Å². The molecule has 12 heteroatoms. The molecule has 2 aliphatic rings. The van der Waals surface area contributed by atoms with Crippen molar-refractivity contribution in [3.05, 3.63) is 46.3 Å². The van der Waals surface area contributed by atoms with Crippen molar-refractivity contribution in [2.75, 3.05) is 54.5 Å². The summed E-state index contributed by atoms with van der Waals surface area (Å²) in [7, 11) is 1.26. The van der Waals surface area contributed by atoms with E-state index in [-0.39, 0.29) is 18.0 Å². The molecular formula is C20H21FN4O6S. The number of hydrogen-bond donors (Lipinski definition) is 0. The van der Waals surface area contributed by atoms with E-state index >= 15 is 0 Å². The van der Waals surface area contributed by atoms with Crippen molar-refractivity contribution in [3.8, 4) is 0 Å². The summed E-state index contributed by atoms with van der Waals surface area (Å²) in [5, 5.41) is 11.8. The van der Waals surface area contributed by atoms with Crippen LogP contribution in [0.1, 0.15) is 6.42 Å². The topological polar surface area (TPSA) is 105 Å². The molecule has 32 heavy (non-hydrogen) atoms. The number of methoxy groups -OCH3 is 1. The summed E-state index contributed by atoms with van der Waals surface area (Å²) in [5.41, 5.74) is 0.775. The summed E-state index contributed by atoms with van der Waals surface area (Å²) in [6, 6.07) is 7.78. The maximum atomic E-state index is 14.9. The van der Waals surface area contributed by atoms with Crippen molar-refractivity contribution in [2.45, 2.75) is 12.5 Å². The van der Waals surface area contributed by atoms with Crippen molar-refractivity contribution in [2.24, 2.45) is 0 Å². The van der Waals surface area contributed by atoms with E-state index in [2.05, 4.69) is 4.74 Å². The molecule has 0 radical (unpaired) electrons. The lowest BCUT2D eigenvalue weighted by atomic mass is 10.2. The number of ether oxygens (including phenoxy) is 2. The van der Waals surface area contributed by atoms with Gasteiger partial charge in [-0.25, -0.2) is 9.18 Å². The molecular weight excluding hydrogens is 443 g/mol. The first-order valence-corrected chi connectivity index (χ1v) is 10.8. The van der Waals surface area contributed by atoms with Gasteiger partial charge in [-0.05, 0) is 35.6 Å². The van der Waals surface area contributed by atoms with Crippen molar-refractivity contribution in [1.82, 2.24) is 0 Å². The van der Waals surface area contributed by atoms with E-state index in [1.54, 1.807) is 18.2 Å². The molecule has 170 valence electrons. The van der Waals surface area contributed by atoms with Gasteiger partial charge in [0.1, 0.15) is 11.9 Å². The molecule has 1 amide bonds. The van der Waals surface area contributed by atoms with Gasteiger partial charge in [0.25, 0.3) is 0 Å². The molecule has 0 spiro atoms. The average molecular weight is 464 g/mol. The SMILES string of the molecule is COC(=O)C[C@@H]1CN(c2ccc(N3CCN(c4ccc([N+](=O)[O-])s4)CC3)c(F)c2)C(=O)O1. The molecule has 1 aromatic heterocycles. The number of nitrogens with zero attached hydrogens (tertiary/aromatic N) is 4. The summed E-state index contributed by atoms with van der Waals surface area (Å²) >= 11 is 1.13. The summed E-state index contributed by atoms with van der Waals surface area (Å²) in [6.45, 7) is 2.45. The Morgan fingerprint density at radius 1 is 1.25 bits per heavy atom. The van der Waals surface area contributed by atoms with Gasteiger partial charge in [-0.15, -0.1) is 0 Å². The predicted octanol–water partition coefficient (Wildman–Crippen LogP) is 3.01. The molecule has 2 saturated heterocycles. The highest BCUT2D eigenvalue weighted by Gasteiger charge is 2.34. The quantitative estimate of drug-likeness (QED) is 0.365. The molecule has 0 bridgehead atoms.